The number of amides is 1. The Morgan fingerprint density at radius 1 is 1.15 bits per heavy atom. The zero-order valence-electron chi connectivity index (χ0n) is 13.8. The molecule has 0 fully saturated rings. The maximum Gasteiger partial charge on any atom is 0.282 e. The summed E-state index contributed by atoms with van der Waals surface area (Å²) in [5.41, 5.74) is 4.60. The molecule has 1 amide bonds. The van der Waals surface area contributed by atoms with Crippen molar-refractivity contribution in [2.45, 2.75) is 6.43 Å². The van der Waals surface area contributed by atoms with Gasteiger partial charge in [-0.1, -0.05) is 17.7 Å². The Labute approximate surface area is 156 Å². The van der Waals surface area contributed by atoms with E-state index in [1.807, 2.05) is 0 Å². The Hall–Kier alpha value is -2.87. The van der Waals surface area contributed by atoms with E-state index >= 15 is 0 Å². The molecule has 0 unspecified atom stereocenters. The number of aromatic nitrogens is 2. The lowest BCUT2D eigenvalue weighted by molar-refractivity contribution is 0.0985. The molecule has 0 saturated heterocycles. The number of carbonyl (C=O) groups is 1. The van der Waals surface area contributed by atoms with Gasteiger partial charge in [-0.2, -0.15) is 5.10 Å². The SMILES string of the molecule is Cn1nc(C(F)F)c(C(N)=O)c1-c1ccc(F)cc1-c1ccc(Cl)c(F)c1. The van der Waals surface area contributed by atoms with Crippen LogP contribution in [0.1, 0.15) is 22.5 Å². The maximum atomic E-state index is 13.9. The third-order valence-corrected chi connectivity index (χ3v) is 4.30. The fraction of sp³-hybridized carbons (Fsp3) is 0.111. The number of nitrogens with two attached hydrogens (primary N) is 1. The Morgan fingerprint density at radius 2 is 1.85 bits per heavy atom. The molecule has 0 aliphatic heterocycles. The Morgan fingerprint density at radius 3 is 2.44 bits per heavy atom. The maximum absolute atomic E-state index is 13.9. The van der Waals surface area contributed by atoms with Crippen LogP contribution in [-0.4, -0.2) is 15.7 Å². The molecule has 9 heteroatoms. The highest BCUT2D eigenvalue weighted by Gasteiger charge is 2.28. The molecule has 2 aromatic carbocycles. The summed E-state index contributed by atoms with van der Waals surface area (Å²) < 4.78 is 55.4. The van der Waals surface area contributed by atoms with Crippen molar-refractivity contribution in [2.75, 3.05) is 0 Å². The quantitative estimate of drug-likeness (QED) is 0.647. The second-order valence-corrected chi connectivity index (χ2v) is 6.12. The monoisotopic (exact) mass is 397 g/mol. The van der Waals surface area contributed by atoms with Crippen LogP contribution in [0.5, 0.6) is 0 Å². The zero-order chi connectivity index (χ0) is 19.9. The number of aryl methyl sites for hydroxylation is 1. The molecule has 3 aromatic rings. The zero-order valence-corrected chi connectivity index (χ0v) is 14.6. The number of rotatable bonds is 4. The van der Waals surface area contributed by atoms with Gasteiger partial charge < -0.3 is 5.73 Å². The van der Waals surface area contributed by atoms with E-state index in [9.17, 15) is 22.4 Å². The molecule has 0 aliphatic rings. The first-order valence-electron chi connectivity index (χ1n) is 7.61. The van der Waals surface area contributed by atoms with Crippen LogP contribution in [0.15, 0.2) is 36.4 Å². The molecule has 2 N–H and O–H groups in total. The van der Waals surface area contributed by atoms with E-state index in [0.717, 1.165) is 22.9 Å². The van der Waals surface area contributed by atoms with E-state index in [1.54, 1.807) is 0 Å². The highest BCUT2D eigenvalue weighted by molar-refractivity contribution is 6.30. The van der Waals surface area contributed by atoms with Gasteiger partial charge in [0.25, 0.3) is 12.3 Å². The van der Waals surface area contributed by atoms with Crippen molar-refractivity contribution in [2.24, 2.45) is 12.8 Å². The molecule has 0 saturated carbocycles. The third-order valence-electron chi connectivity index (χ3n) is 3.99. The number of primary amides is 1. The molecule has 1 heterocycles. The van der Waals surface area contributed by atoms with E-state index in [0.29, 0.717) is 0 Å². The summed E-state index contributed by atoms with van der Waals surface area (Å²) in [7, 11) is 1.35. The Bertz CT molecular complexity index is 1050. The van der Waals surface area contributed by atoms with Crippen LogP contribution in [0.2, 0.25) is 5.02 Å². The summed E-state index contributed by atoms with van der Waals surface area (Å²) in [5, 5.41) is 3.54. The molecule has 1 aromatic heterocycles. The van der Waals surface area contributed by atoms with Gasteiger partial charge in [0, 0.05) is 12.6 Å². The van der Waals surface area contributed by atoms with Crippen molar-refractivity contribution < 1.29 is 22.4 Å². The minimum absolute atomic E-state index is 0.0249. The summed E-state index contributed by atoms with van der Waals surface area (Å²) in [6.45, 7) is 0. The normalized spacial score (nSPS) is 11.2. The van der Waals surface area contributed by atoms with E-state index in [1.165, 1.54) is 25.2 Å². The predicted octanol–water partition coefficient (Wildman–Crippen LogP) is 4.72. The topological polar surface area (TPSA) is 60.9 Å². The Kier molecular flexibility index (Phi) is 4.93. The van der Waals surface area contributed by atoms with Crippen LogP contribution in [0.3, 0.4) is 0 Å². The van der Waals surface area contributed by atoms with Crippen molar-refractivity contribution in [1.82, 2.24) is 9.78 Å². The summed E-state index contributed by atoms with van der Waals surface area (Å²) in [6, 6.07) is 7.27. The molecule has 3 rings (SSSR count). The third kappa shape index (κ3) is 3.40. The lowest BCUT2D eigenvalue weighted by Gasteiger charge is -2.12. The first kappa shape index (κ1) is 18.9. The summed E-state index contributed by atoms with van der Waals surface area (Å²) in [5.74, 6) is -2.48. The van der Waals surface area contributed by atoms with Crippen molar-refractivity contribution in [1.29, 1.82) is 0 Å². The van der Waals surface area contributed by atoms with Crippen LogP contribution in [0, 0.1) is 11.6 Å². The number of carbonyl (C=O) groups excluding carboxylic acids is 1. The number of benzene rings is 2. The number of alkyl halides is 2. The standard InChI is InChI=1S/C18H12ClF4N3O/c1-26-16(14(18(24)27)15(25-26)17(22)23)10-4-3-9(20)7-11(10)8-2-5-12(19)13(21)6-8/h2-7,17H,1H3,(H2,24,27). The number of nitrogens with zero attached hydrogens (tertiary/aromatic N) is 2. The van der Waals surface area contributed by atoms with Crippen LogP contribution >= 0.6 is 11.6 Å². The number of hydrogen-bond donors (Lipinski definition) is 1. The molecule has 4 nitrogen and oxygen atoms in total. The van der Waals surface area contributed by atoms with E-state index < -0.39 is 35.2 Å². The molecule has 0 aliphatic carbocycles. The smallest absolute Gasteiger partial charge is 0.282 e. The predicted molar refractivity (Wildman–Crippen MR) is 92.5 cm³/mol. The van der Waals surface area contributed by atoms with E-state index in [-0.39, 0.29) is 27.4 Å². The number of halogens is 5. The highest BCUT2D eigenvalue weighted by Crippen LogP contribution is 2.38. The van der Waals surface area contributed by atoms with Gasteiger partial charge in [0.05, 0.1) is 16.3 Å². The number of hydrogen-bond acceptors (Lipinski definition) is 2. The summed E-state index contributed by atoms with van der Waals surface area (Å²) >= 11 is 5.68. The fourth-order valence-corrected chi connectivity index (χ4v) is 2.99. The first-order valence-corrected chi connectivity index (χ1v) is 7.98. The lowest BCUT2D eigenvalue weighted by atomic mass is 9.94. The second-order valence-electron chi connectivity index (χ2n) is 5.72. The van der Waals surface area contributed by atoms with Crippen LogP contribution in [0.25, 0.3) is 22.4 Å². The van der Waals surface area contributed by atoms with Gasteiger partial charge in [0.2, 0.25) is 0 Å². The molecular formula is C18H12ClF4N3O. The molecule has 0 radical (unpaired) electrons. The average Bonchev–Trinajstić information content (AvgIpc) is 2.95. The molecule has 140 valence electrons. The van der Waals surface area contributed by atoms with Gasteiger partial charge in [-0.05, 0) is 41.5 Å². The average molecular weight is 398 g/mol. The van der Waals surface area contributed by atoms with Gasteiger partial charge in [-0.15, -0.1) is 0 Å². The van der Waals surface area contributed by atoms with Crippen molar-refractivity contribution in [3.63, 3.8) is 0 Å². The van der Waals surface area contributed by atoms with E-state index in [4.69, 9.17) is 17.3 Å². The minimum atomic E-state index is -3.04. The molecule has 27 heavy (non-hydrogen) atoms. The van der Waals surface area contributed by atoms with Gasteiger partial charge >= 0.3 is 0 Å². The molecule has 0 spiro atoms. The van der Waals surface area contributed by atoms with E-state index in [2.05, 4.69) is 5.10 Å². The fourth-order valence-electron chi connectivity index (χ4n) is 2.87. The summed E-state index contributed by atoms with van der Waals surface area (Å²) in [6.07, 6.45) is -3.04. The van der Waals surface area contributed by atoms with Crippen molar-refractivity contribution in [3.05, 3.63) is 64.3 Å². The highest BCUT2D eigenvalue weighted by atomic mass is 35.5. The van der Waals surface area contributed by atoms with Gasteiger partial charge in [-0.25, -0.2) is 17.6 Å². The first-order chi connectivity index (χ1) is 12.7. The van der Waals surface area contributed by atoms with Crippen molar-refractivity contribution in [3.8, 4) is 22.4 Å². The minimum Gasteiger partial charge on any atom is -0.365 e. The van der Waals surface area contributed by atoms with Crippen molar-refractivity contribution >= 4 is 17.5 Å². The van der Waals surface area contributed by atoms with Gasteiger partial charge in [0.1, 0.15) is 17.3 Å². The lowest BCUT2D eigenvalue weighted by Crippen LogP contribution is -2.14. The van der Waals surface area contributed by atoms with Crippen LogP contribution in [0.4, 0.5) is 17.6 Å². The molecule has 0 bridgehead atoms. The largest absolute Gasteiger partial charge is 0.365 e. The van der Waals surface area contributed by atoms with Gasteiger partial charge in [-0.3, -0.25) is 9.48 Å². The van der Waals surface area contributed by atoms with Crippen LogP contribution in [-0.2, 0) is 7.05 Å². The molecular weight excluding hydrogens is 386 g/mol. The molecule has 0 atom stereocenters. The van der Waals surface area contributed by atoms with Crippen LogP contribution < -0.4 is 5.73 Å². The Balaban J connectivity index is 2.34. The second kappa shape index (κ2) is 7.03. The van der Waals surface area contributed by atoms with Gasteiger partial charge in [0.15, 0.2) is 0 Å². The summed E-state index contributed by atoms with van der Waals surface area (Å²) in [4.78, 5) is 11.8.